The fourth-order valence-electron chi connectivity index (χ4n) is 1.65. The molecule has 6 nitrogen and oxygen atoms in total. The Morgan fingerprint density at radius 3 is 2.70 bits per heavy atom. The van der Waals surface area contributed by atoms with Gasteiger partial charge in [0.2, 0.25) is 0 Å². The van der Waals surface area contributed by atoms with Gasteiger partial charge in [0, 0.05) is 13.2 Å². The van der Waals surface area contributed by atoms with Crippen LogP contribution in [-0.2, 0) is 6.67 Å². The van der Waals surface area contributed by atoms with Crippen LogP contribution in [0.25, 0.3) is 10.9 Å². The molecule has 2 rings (SSSR count). The van der Waals surface area contributed by atoms with Crippen LogP contribution in [0.15, 0.2) is 35.4 Å². The van der Waals surface area contributed by atoms with E-state index in [2.05, 4.69) is 15.6 Å². The van der Waals surface area contributed by atoms with E-state index in [1.165, 1.54) is 10.9 Å². The second-order valence-electron chi connectivity index (χ2n) is 3.85. The van der Waals surface area contributed by atoms with Crippen molar-refractivity contribution in [2.45, 2.75) is 6.67 Å². The predicted molar refractivity (Wildman–Crippen MR) is 83.6 cm³/mol. The van der Waals surface area contributed by atoms with Crippen LogP contribution in [0.4, 0.5) is 0 Å². The molecule has 0 spiro atoms. The standard InChI is InChI=1S/C12H16N4O2.2ClH/c17-6-5-13-7-14-8-16-9-15-11-4-2-1-3-10(11)12(16)18;;/h1-4,9,13-14,17H,5-8H2;2*1H. The van der Waals surface area contributed by atoms with Gasteiger partial charge in [-0.15, -0.1) is 24.8 Å². The van der Waals surface area contributed by atoms with E-state index < -0.39 is 0 Å². The largest absolute Gasteiger partial charge is 0.395 e. The summed E-state index contributed by atoms with van der Waals surface area (Å²) in [6.45, 7) is 1.53. The molecular formula is C12H18Cl2N4O2. The highest BCUT2D eigenvalue weighted by Crippen LogP contribution is 2.03. The highest BCUT2D eigenvalue weighted by atomic mass is 35.5. The third kappa shape index (κ3) is 4.73. The number of nitrogens with zero attached hydrogens (tertiary/aromatic N) is 2. The lowest BCUT2D eigenvalue weighted by atomic mass is 10.2. The van der Waals surface area contributed by atoms with Crippen molar-refractivity contribution in [3.05, 3.63) is 40.9 Å². The van der Waals surface area contributed by atoms with Gasteiger partial charge in [-0.25, -0.2) is 4.98 Å². The summed E-state index contributed by atoms with van der Waals surface area (Å²) in [5, 5.41) is 15.2. The van der Waals surface area contributed by atoms with Crippen LogP contribution in [0, 0.1) is 0 Å². The number of aliphatic hydroxyl groups is 1. The molecular weight excluding hydrogens is 303 g/mol. The SMILES string of the molecule is Cl.Cl.O=c1c2ccccc2ncn1CNCNCCO. The molecule has 2 aromatic rings. The molecule has 8 heteroatoms. The molecule has 0 aliphatic rings. The van der Waals surface area contributed by atoms with Gasteiger partial charge in [-0.05, 0) is 12.1 Å². The molecule has 0 saturated carbocycles. The molecule has 3 N–H and O–H groups in total. The average Bonchev–Trinajstić information content (AvgIpc) is 2.41. The number of nitrogens with one attached hydrogen (secondary N) is 2. The first-order valence-electron chi connectivity index (χ1n) is 5.79. The first-order chi connectivity index (χ1) is 8.83. The number of fused-ring (bicyclic) bond motifs is 1. The van der Waals surface area contributed by atoms with Gasteiger partial charge in [0.05, 0.1) is 30.5 Å². The number of aliphatic hydroxyl groups excluding tert-OH is 1. The summed E-state index contributed by atoms with van der Waals surface area (Å²) in [6, 6.07) is 7.27. The fraction of sp³-hybridized carbons (Fsp3) is 0.333. The zero-order valence-electron chi connectivity index (χ0n) is 10.8. The van der Waals surface area contributed by atoms with Gasteiger partial charge in [0.1, 0.15) is 0 Å². The van der Waals surface area contributed by atoms with E-state index in [1.54, 1.807) is 6.07 Å². The van der Waals surface area contributed by atoms with Crippen LogP contribution < -0.4 is 16.2 Å². The molecule has 1 aromatic carbocycles. The summed E-state index contributed by atoms with van der Waals surface area (Å²) < 4.78 is 1.52. The van der Waals surface area contributed by atoms with Gasteiger partial charge in [-0.3, -0.25) is 14.7 Å². The Balaban J connectivity index is 0.00000180. The van der Waals surface area contributed by atoms with Crippen LogP contribution in [0.2, 0.25) is 0 Å². The molecule has 1 heterocycles. The number of benzene rings is 1. The van der Waals surface area contributed by atoms with Crippen molar-refractivity contribution in [2.75, 3.05) is 19.8 Å². The van der Waals surface area contributed by atoms with Gasteiger partial charge in [0.25, 0.3) is 5.56 Å². The smallest absolute Gasteiger partial charge is 0.262 e. The quantitative estimate of drug-likeness (QED) is 0.528. The number of hydrogen-bond acceptors (Lipinski definition) is 5. The highest BCUT2D eigenvalue weighted by Gasteiger charge is 2.01. The molecule has 20 heavy (non-hydrogen) atoms. The topological polar surface area (TPSA) is 79.2 Å². The van der Waals surface area contributed by atoms with Crippen LogP contribution in [0.3, 0.4) is 0 Å². The molecule has 0 fully saturated rings. The van der Waals surface area contributed by atoms with E-state index in [0.717, 1.165) is 0 Å². The minimum Gasteiger partial charge on any atom is -0.395 e. The fourth-order valence-corrected chi connectivity index (χ4v) is 1.65. The first-order valence-corrected chi connectivity index (χ1v) is 5.79. The summed E-state index contributed by atoms with van der Waals surface area (Å²) in [6.07, 6.45) is 1.53. The summed E-state index contributed by atoms with van der Waals surface area (Å²) >= 11 is 0. The van der Waals surface area contributed by atoms with Crippen molar-refractivity contribution in [2.24, 2.45) is 0 Å². The van der Waals surface area contributed by atoms with E-state index in [9.17, 15) is 4.79 Å². The van der Waals surface area contributed by atoms with Gasteiger partial charge >= 0.3 is 0 Å². The average molecular weight is 321 g/mol. The molecule has 0 bridgehead atoms. The molecule has 0 unspecified atom stereocenters. The van der Waals surface area contributed by atoms with E-state index in [1.807, 2.05) is 18.2 Å². The Morgan fingerprint density at radius 1 is 1.20 bits per heavy atom. The first kappa shape index (κ1) is 18.8. The second-order valence-corrected chi connectivity index (χ2v) is 3.85. The molecule has 0 saturated heterocycles. The van der Waals surface area contributed by atoms with E-state index in [-0.39, 0.29) is 37.0 Å². The maximum atomic E-state index is 12.1. The highest BCUT2D eigenvalue weighted by molar-refractivity contribution is 5.85. The Kier molecular flexibility index (Phi) is 9.11. The molecule has 112 valence electrons. The Morgan fingerprint density at radius 2 is 1.95 bits per heavy atom. The van der Waals surface area contributed by atoms with Gasteiger partial charge in [-0.1, -0.05) is 12.1 Å². The van der Waals surface area contributed by atoms with Crippen LogP contribution >= 0.6 is 24.8 Å². The molecule has 0 aliphatic heterocycles. The van der Waals surface area contributed by atoms with Gasteiger partial charge in [0.15, 0.2) is 0 Å². The molecule has 0 atom stereocenters. The number of hydrogen-bond donors (Lipinski definition) is 3. The lowest BCUT2D eigenvalue weighted by Gasteiger charge is -2.08. The molecule has 0 amide bonds. The summed E-state index contributed by atoms with van der Waals surface area (Å²) in [5.74, 6) is 0. The van der Waals surface area contributed by atoms with Crippen LogP contribution in [0.5, 0.6) is 0 Å². The second kappa shape index (κ2) is 9.68. The summed E-state index contributed by atoms with van der Waals surface area (Å²) in [5.41, 5.74) is 0.646. The Bertz CT molecular complexity index is 577. The maximum absolute atomic E-state index is 12.1. The zero-order chi connectivity index (χ0) is 12.8. The van der Waals surface area contributed by atoms with E-state index in [0.29, 0.717) is 30.8 Å². The normalized spacial score (nSPS) is 9.85. The van der Waals surface area contributed by atoms with Crippen LogP contribution in [-0.4, -0.2) is 34.5 Å². The minimum absolute atomic E-state index is 0. The van der Waals surface area contributed by atoms with Crippen molar-refractivity contribution in [3.63, 3.8) is 0 Å². The number of rotatable bonds is 6. The van der Waals surface area contributed by atoms with E-state index in [4.69, 9.17) is 5.11 Å². The van der Waals surface area contributed by atoms with Gasteiger partial charge in [-0.2, -0.15) is 0 Å². The molecule has 1 aromatic heterocycles. The zero-order valence-corrected chi connectivity index (χ0v) is 12.4. The number of halogens is 2. The van der Waals surface area contributed by atoms with Crippen molar-refractivity contribution in [3.8, 4) is 0 Å². The maximum Gasteiger partial charge on any atom is 0.262 e. The monoisotopic (exact) mass is 320 g/mol. The van der Waals surface area contributed by atoms with E-state index >= 15 is 0 Å². The lowest BCUT2D eigenvalue weighted by molar-refractivity contribution is 0.289. The van der Waals surface area contributed by atoms with Crippen molar-refractivity contribution < 1.29 is 5.11 Å². The predicted octanol–water partition coefficient (Wildman–Crippen LogP) is 0.327. The summed E-state index contributed by atoms with van der Waals surface area (Å²) in [7, 11) is 0. The lowest BCUT2D eigenvalue weighted by Crippen LogP contribution is -2.35. The molecule has 0 radical (unpaired) electrons. The summed E-state index contributed by atoms with van der Waals surface area (Å²) in [4.78, 5) is 16.3. The Labute approximate surface area is 129 Å². The van der Waals surface area contributed by atoms with Gasteiger partial charge < -0.3 is 10.4 Å². The molecule has 0 aliphatic carbocycles. The van der Waals surface area contributed by atoms with Crippen molar-refractivity contribution in [1.82, 2.24) is 20.2 Å². The van der Waals surface area contributed by atoms with Crippen molar-refractivity contribution in [1.29, 1.82) is 0 Å². The van der Waals surface area contributed by atoms with Crippen molar-refractivity contribution >= 4 is 35.7 Å². The number of para-hydroxylation sites is 1. The third-order valence-electron chi connectivity index (χ3n) is 2.55. The third-order valence-corrected chi connectivity index (χ3v) is 2.55. The minimum atomic E-state index is -0.0599. The Hall–Kier alpha value is -1.18. The van der Waals surface area contributed by atoms with Crippen LogP contribution in [0.1, 0.15) is 0 Å². The number of aromatic nitrogens is 2.